The van der Waals surface area contributed by atoms with E-state index < -0.39 is 23.3 Å². The molecule has 1 saturated heterocycles. The van der Waals surface area contributed by atoms with Crippen molar-refractivity contribution in [3.8, 4) is 0 Å². The van der Waals surface area contributed by atoms with Gasteiger partial charge >= 0.3 is 6.09 Å². The Morgan fingerprint density at radius 2 is 1.37 bits per heavy atom. The molecule has 0 aromatic heterocycles. The Balaban J connectivity index is 1.45. The standard InChI is InChI=1S/C30H47N3O5/c1-30(2,3)38-29(37)32-22-16-11-9-7-5-4-6-8-10-15-21-31-28(36)27(35)25-19-20-26(34)33(25)23-24-17-13-12-14-18-24/h12-14,17-18,25H,4-11,15-16,19-23H2,1-3H3,(H,31,36)(H,32,37). The van der Waals surface area contributed by atoms with E-state index in [0.29, 0.717) is 32.5 Å². The second kappa shape index (κ2) is 16.8. The fourth-order valence-electron chi connectivity index (χ4n) is 4.59. The molecular weight excluding hydrogens is 482 g/mol. The van der Waals surface area contributed by atoms with E-state index in [0.717, 1.165) is 37.7 Å². The van der Waals surface area contributed by atoms with Gasteiger partial charge in [-0.05, 0) is 45.6 Å². The number of unbranched alkanes of at least 4 members (excludes halogenated alkanes) is 9. The Morgan fingerprint density at radius 3 is 1.92 bits per heavy atom. The van der Waals surface area contributed by atoms with E-state index in [1.54, 1.807) is 0 Å². The Kier molecular flexibility index (Phi) is 13.9. The van der Waals surface area contributed by atoms with Crippen molar-refractivity contribution in [2.45, 2.75) is 116 Å². The third kappa shape index (κ3) is 12.6. The highest BCUT2D eigenvalue weighted by Crippen LogP contribution is 2.22. The number of ketones is 1. The number of alkyl carbamates (subject to hydrolysis) is 1. The number of carbonyl (C=O) groups excluding carboxylic acids is 4. The number of Topliss-reactive ketones (excluding diaryl/α,β-unsaturated/α-hetero) is 1. The second-order valence-electron chi connectivity index (χ2n) is 11.1. The summed E-state index contributed by atoms with van der Waals surface area (Å²) in [4.78, 5) is 50.5. The van der Waals surface area contributed by atoms with Crippen LogP contribution in [0.3, 0.4) is 0 Å². The molecule has 1 aliphatic rings. The molecular formula is C30H47N3O5. The van der Waals surface area contributed by atoms with Crippen LogP contribution in [-0.4, -0.2) is 53.3 Å². The summed E-state index contributed by atoms with van der Waals surface area (Å²) in [6.45, 7) is 7.07. The largest absolute Gasteiger partial charge is 0.444 e. The lowest BCUT2D eigenvalue weighted by Gasteiger charge is -2.23. The summed E-state index contributed by atoms with van der Waals surface area (Å²) >= 11 is 0. The van der Waals surface area contributed by atoms with Gasteiger partial charge in [0.05, 0.1) is 0 Å². The van der Waals surface area contributed by atoms with E-state index in [1.807, 2.05) is 51.1 Å². The molecule has 8 nitrogen and oxygen atoms in total. The van der Waals surface area contributed by atoms with Crippen LogP contribution in [-0.2, 0) is 25.7 Å². The third-order valence-electron chi connectivity index (χ3n) is 6.61. The summed E-state index contributed by atoms with van der Waals surface area (Å²) in [6, 6.07) is 8.88. The molecule has 212 valence electrons. The van der Waals surface area contributed by atoms with Crippen molar-refractivity contribution in [1.82, 2.24) is 15.5 Å². The van der Waals surface area contributed by atoms with Crippen LogP contribution in [0.15, 0.2) is 30.3 Å². The van der Waals surface area contributed by atoms with Gasteiger partial charge in [0, 0.05) is 26.1 Å². The number of carbonyl (C=O) groups is 4. The monoisotopic (exact) mass is 529 g/mol. The molecule has 0 spiro atoms. The van der Waals surface area contributed by atoms with E-state index in [9.17, 15) is 19.2 Å². The summed E-state index contributed by atoms with van der Waals surface area (Å²) in [7, 11) is 0. The van der Waals surface area contributed by atoms with Gasteiger partial charge in [-0.15, -0.1) is 0 Å². The Bertz CT molecular complexity index is 882. The minimum absolute atomic E-state index is 0.0739. The minimum atomic E-state index is -0.663. The van der Waals surface area contributed by atoms with Crippen molar-refractivity contribution < 1.29 is 23.9 Å². The maximum Gasteiger partial charge on any atom is 0.407 e. The van der Waals surface area contributed by atoms with E-state index in [-0.39, 0.29) is 12.0 Å². The number of benzene rings is 1. The molecule has 0 aliphatic carbocycles. The molecule has 0 saturated carbocycles. The van der Waals surface area contributed by atoms with Crippen molar-refractivity contribution in [3.63, 3.8) is 0 Å². The van der Waals surface area contributed by atoms with E-state index in [1.165, 1.54) is 37.0 Å². The van der Waals surface area contributed by atoms with Crippen LogP contribution in [0.2, 0.25) is 0 Å². The first kappa shape index (κ1) is 31.3. The molecule has 1 aromatic carbocycles. The second-order valence-corrected chi connectivity index (χ2v) is 11.1. The minimum Gasteiger partial charge on any atom is -0.444 e. The van der Waals surface area contributed by atoms with E-state index in [4.69, 9.17) is 4.74 Å². The normalized spacial score (nSPS) is 15.4. The third-order valence-corrected chi connectivity index (χ3v) is 6.61. The number of ether oxygens (including phenoxy) is 1. The molecule has 1 unspecified atom stereocenters. The zero-order chi connectivity index (χ0) is 27.8. The molecule has 2 rings (SSSR count). The molecule has 0 radical (unpaired) electrons. The highest BCUT2D eigenvalue weighted by Gasteiger charge is 2.38. The topological polar surface area (TPSA) is 105 Å². The number of hydrogen-bond donors (Lipinski definition) is 2. The van der Waals surface area contributed by atoms with Gasteiger partial charge in [-0.3, -0.25) is 14.4 Å². The van der Waals surface area contributed by atoms with Gasteiger partial charge in [-0.2, -0.15) is 0 Å². The van der Waals surface area contributed by atoms with Gasteiger partial charge in [0.15, 0.2) is 0 Å². The SMILES string of the molecule is CC(C)(C)OC(=O)NCCCCCCCCCCCCNC(=O)C(=O)C1CCC(=O)N1Cc1ccccc1. The van der Waals surface area contributed by atoms with Gasteiger partial charge in [0.1, 0.15) is 11.6 Å². The zero-order valence-electron chi connectivity index (χ0n) is 23.6. The van der Waals surface area contributed by atoms with E-state index in [2.05, 4.69) is 10.6 Å². The quantitative estimate of drug-likeness (QED) is 0.211. The summed E-state index contributed by atoms with van der Waals surface area (Å²) in [5, 5.41) is 5.54. The number of hydrogen-bond acceptors (Lipinski definition) is 5. The van der Waals surface area contributed by atoms with Gasteiger partial charge in [-0.1, -0.05) is 81.7 Å². The van der Waals surface area contributed by atoms with Crippen molar-refractivity contribution in [3.05, 3.63) is 35.9 Å². The first-order valence-electron chi connectivity index (χ1n) is 14.3. The van der Waals surface area contributed by atoms with Crippen LogP contribution in [0.1, 0.15) is 103 Å². The highest BCUT2D eigenvalue weighted by molar-refractivity contribution is 6.38. The van der Waals surface area contributed by atoms with Crippen LogP contribution in [0.5, 0.6) is 0 Å². The van der Waals surface area contributed by atoms with Crippen molar-refractivity contribution in [2.75, 3.05) is 13.1 Å². The van der Waals surface area contributed by atoms with Crippen LogP contribution in [0.4, 0.5) is 4.79 Å². The van der Waals surface area contributed by atoms with E-state index >= 15 is 0 Å². The molecule has 1 atom stereocenters. The fourth-order valence-corrected chi connectivity index (χ4v) is 4.59. The lowest BCUT2D eigenvalue weighted by Crippen LogP contribution is -2.45. The van der Waals surface area contributed by atoms with Crippen molar-refractivity contribution in [1.29, 1.82) is 0 Å². The van der Waals surface area contributed by atoms with Gasteiger partial charge in [0.25, 0.3) is 5.91 Å². The molecule has 38 heavy (non-hydrogen) atoms. The molecule has 0 bridgehead atoms. The maximum absolute atomic E-state index is 12.7. The fraction of sp³-hybridized carbons (Fsp3) is 0.667. The molecule has 3 amide bonds. The molecule has 2 N–H and O–H groups in total. The van der Waals surface area contributed by atoms with Crippen LogP contribution in [0.25, 0.3) is 0 Å². The lowest BCUT2D eigenvalue weighted by molar-refractivity contribution is -0.143. The number of rotatable bonds is 17. The summed E-state index contributed by atoms with van der Waals surface area (Å²) in [5.74, 6) is -1.16. The van der Waals surface area contributed by atoms with Gasteiger partial charge < -0.3 is 20.3 Å². The lowest BCUT2D eigenvalue weighted by atomic mass is 10.1. The number of amides is 3. The maximum atomic E-state index is 12.7. The Labute approximate surface area is 228 Å². The van der Waals surface area contributed by atoms with Gasteiger partial charge in [-0.25, -0.2) is 4.79 Å². The first-order chi connectivity index (χ1) is 18.2. The summed E-state index contributed by atoms with van der Waals surface area (Å²) < 4.78 is 5.21. The molecule has 1 fully saturated rings. The summed E-state index contributed by atoms with van der Waals surface area (Å²) in [6.07, 6.45) is 11.4. The van der Waals surface area contributed by atoms with Crippen molar-refractivity contribution >= 4 is 23.7 Å². The summed E-state index contributed by atoms with van der Waals surface area (Å²) in [5.41, 5.74) is 0.494. The van der Waals surface area contributed by atoms with Crippen LogP contribution < -0.4 is 10.6 Å². The smallest absolute Gasteiger partial charge is 0.407 e. The average molecular weight is 530 g/mol. The number of nitrogens with zero attached hydrogens (tertiary/aromatic N) is 1. The van der Waals surface area contributed by atoms with Crippen LogP contribution >= 0.6 is 0 Å². The molecule has 1 aromatic rings. The Hall–Kier alpha value is -2.90. The van der Waals surface area contributed by atoms with Crippen LogP contribution in [0, 0.1) is 0 Å². The highest BCUT2D eigenvalue weighted by atomic mass is 16.6. The van der Waals surface area contributed by atoms with Gasteiger partial charge in [0.2, 0.25) is 11.7 Å². The number of likely N-dealkylation sites (tertiary alicyclic amines) is 1. The predicted octanol–water partition coefficient (Wildman–Crippen LogP) is 5.29. The molecule has 1 heterocycles. The first-order valence-corrected chi connectivity index (χ1v) is 14.3. The molecule has 8 heteroatoms. The Morgan fingerprint density at radius 1 is 0.842 bits per heavy atom. The molecule has 1 aliphatic heterocycles. The van der Waals surface area contributed by atoms with Crippen molar-refractivity contribution in [2.24, 2.45) is 0 Å². The average Bonchev–Trinajstić information content (AvgIpc) is 3.22. The predicted molar refractivity (Wildman–Crippen MR) is 148 cm³/mol. The number of nitrogens with one attached hydrogen (secondary N) is 2. The zero-order valence-corrected chi connectivity index (χ0v) is 23.6.